The van der Waals surface area contributed by atoms with Crippen molar-refractivity contribution in [3.8, 4) is 0 Å². The quantitative estimate of drug-likeness (QED) is 0.252. The molecule has 0 aromatic heterocycles. The van der Waals surface area contributed by atoms with Crippen LogP contribution in [0.3, 0.4) is 0 Å². The number of carbonyl (C=O) groups is 1. The molecule has 3 fully saturated rings. The average Bonchev–Trinajstić information content (AvgIpc) is 3.37. The van der Waals surface area contributed by atoms with Crippen LogP contribution in [0.1, 0.15) is 20.3 Å². The van der Waals surface area contributed by atoms with Gasteiger partial charge in [-0.05, 0) is 25.0 Å². The van der Waals surface area contributed by atoms with E-state index in [1.165, 1.54) is 19.9 Å². The maximum absolute atomic E-state index is 13.0. The zero-order chi connectivity index (χ0) is 24.8. The normalized spacial score (nSPS) is 42.8. The van der Waals surface area contributed by atoms with Crippen LogP contribution in [0, 0.1) is 10.8 Å². The molecule has 2 heterocycles. The van der Waals surface area contributed by atoms with Gasteiger partial charge in [-0.15, -0.1) is 0 Å². The molecule has 7 atom stereocenters. The summed E-state index contributed by atoms with van der Waals surface area (Å²) in [6.07, 6.45) is -5.17. The Hall–Kier alpha value is -1.06. The van der Waals surface area contributed by atoms with Crippen molar-refractivity contribution < 1.29 is 65.7 Å². The molecule has 0 aromatic rings. The number of ether oxygens (including phenoxy) is 2. The molecule has 2 bridgehead atoms. The lowest BCUT2D eigenvalue weighted by Crippen LogP contribution is -2.71. The largest absolute Gasteiger partial charge is 0.398 e. The summed E-state index contributed by atoms with van der Waals surface area (Å²) in [6, 6.07) is 0. The van der Waals surface area contributed by atoms with Crippen molar-refractivity contribution in [2.75, 3.05) is 13.2 Å². The van der Waals surface area contributed by atoms with Gasteiger partial charge in [-0.2, -0.15) is 25.3 Å². The Balaban J connectivity index is 1.95. The minimum Gasteiger partial charge on any atom is -0.366 e. The summed E-state index contributed by atoms with van der Waals surface area (Å²) in [4.78, 5) is 13.0. The van der Waals surface area contributed by atoms with Gasteiger partial charge in [-0.25, -0.2) is 12.5 Å². The van der Waals surface area contributed by atoms with Crippen molar-refractivity contribution >= 4 is 37.0 Å². The molecule has 0 aromatic carbocycles. The minimum atomic E-state index is -5.31. The van der Waals surface area contributed by atoms with Crippen LogP contribution in [0.5, 0.6) is 0 Å². The zero-order valence-electron chi connectivity index (χ0n) is 17.0. The van der Waals surface area contributed by atoms with E-state index in [9.17, 15) is 43.7 Å². The maximum Gasteiger partial charge on any atom is 0.398 e. The molecule has 15 nitrogen and oxygen atoms in total. The fraction of sp³-hybridized carbons (Fsp3) is 0.800. The highest BCUT2D eigenvalue weighted by molar-refractivity contribution is 7.81. The fourth-order valence-corrected chi connectivity index (χ4v) is 6.92. The van der Waals surface area contributed by atoms with Crippen LogP contribution in [0.4, 0.5) is 0 Å². The number of epoxide rings is 1. The van der Waals surface area contributed by atoms with Crippen LogP contribution in [0.2, 0.25) is 0 Å². The van der Waals surface area contributed by atoms with E-state index in [2.05, 4.69) is 4.18 Å². The second-order valence-corrected chi connectivity index (χ2v) is 11.8. The van der Waals surface area contributed by atoms with Crippen molar-refractivity contribution in [1.82, 2.24) is 0 Å². The Bertz CT molecular complexity index is 1230. The van der Waals surface area contributed by atoms with E-state index in [0.29, 0.717) is 0 Å². The first-order chi connectivity index (χ1) is 14.9. The Morgan fingerprint density at radius 1 is 1.06 bits per heavy atom. The van der Waals surface area contributed by atoms with E-state index in [1.54, 1.807) is 0 Å². The van der Waals surface area contributed by atoms with Gasteiger partial charge < -0.3 is 9.47 Å². The van der Waals surface area contributed by atoms with Gasteiger partial charge in [0, 0.05) is 5.41 Å². The fourth-order valence-electron chi connectivity index (χ4n) is 5.59. The topological polar surface area (TPSA) is 230 Å². The molecule has 33 heavy (non-hydrogen) atoms. The molecule has 188 valence electrons. The molecule has 18 heteroatoms. The van der Waals surface area contributed by atoms with Crippen LogP contribution in [-0.2, 0) is 58.0 Å². The SMILES string of the molecule is CC1=C[C@H]2O[C@@H]3[C@H](OS(=O)(=O)O)C[C@](C)([C@@]2(COS(=O)(=O)O)[C@H](OS(=O)(=O)O)C1=O)[C@]31CO1. The summed E-state index contributed by atoms with van der Waals surface area (Å²) in [5.41, 5.74) is -5.16. The smallest absolute Gasteiger partial charge is 0.366 e. The number of hydrogen-bond donors (Lipinski definition) is 3. The van der Waals surface area contributed by atoms with Gasteiger partial charge in [-0.1, -0.05) is 6.92 Å². The highest BCUT2D eigenvalue weighted by Gasteiger charge is 2.84. The molecule has 0 radical (unpaired) electrons. The summed E-state index contributed by atoms with van der Waals surface area (Å²) in [6.45, 7) is 1.52. The van der Waals surface area contributed by atoms with Gasteiger partial charge in [0.1, 0.15) is 17.8 Å². The first-order valence-corrected chi connectivity index (χ1v) is 13.4. The van der Waals surface area contributed by atoms with Gasteiger partial charge in [0.05, 0.1) is 24.7 Å². The molecular formula is C15H20O15S3. The molecule has 4 rings (SSSR count). The van der Waals surface area contributed by atoms with E-state index in [-0.39, 0.29) is 18.6 Å². The Morgan fingerprint density at radius 3 is 2.12 bits per heavy atom. The van der Waals surface area contributed by atoms with E-state index < -0.39 is 84.4 Å². The Kier molecular flexibility index (Phi) is 5.49. The van der Waals surface area contributed by atoms with Crippen molar-refractivity contribution in [2.45, 2.75) is 50.3 Å². The van der Waals surface area contributed by atoms with E-state index in [4.69, 9.17) is 17.8 Å². The first kappa shape index (κ1) is 25.0. The summed E-state index contributed by atoms with van der Waals surface area (Å²) < 4.78 is 122. The molecule has 3 N–H and O–H groups in total. The van der Waals surface area contributed by atoms with E-state index >= 15 is 0 Å². The molecule has 2 aliphatic carbocycles. The molecule has 2 aliphatic heterocycles. The lowest BCUT2D eigenvalue weighted by Gasteiger charge is -2.58. The third kappa shape index (κ3) is 3.86. The monoisotopic (exact) mass is 536 g/mol. The number of carbonyl (C=O) groups excluding carboxylic acids is 1. The summed E-state index contributed by atoms with van der Waals surface area (Å²) in [7, 11) is -15.4. The van der Waals surface area contributed by atoms with Crippen LogP contribution < -0.4 is 0 Å². The molecule has 1 spiro atoms. The Morgan fingerprint density at radius 2 is 1.64 bits per heavy atom. The number of Topliss-reactive ketones (excluding diaryl/α,β-unsaturated/α-hetero) is 1. The second-order valence-electron chi connectivity index (χ2n) is 8.60. The number of hydrogen-bond acceptors (Lipinski definition) is 12. The lowest BCUT2D eigenvalue weighted by molar-refractivity contribution is -0.237. The maximum atomic E-state index is 13.0. The zero-order valence-corrected chi connectivity index (χ0v) is 19.4. The first-order valence-electron chi connectivity index (χ1n) is 9.31. The minimum absolute atomic E-state index is 0.0703. The second kappa shape index (κ2) is 7.23. The summed E-state index contributed by atoms with van der Waals surface area (Å²) >= 11 is 0. The van der Waals surface area contributed by atoms with Crippen molar-refractivity contribution in [3.63, 3.8) is 0 Å². The van der Waals surface area contributed by atoms with Crippen LogP contribution >= 0.6 is 0 Å². The number of fused-ring (bicyclic) bond motifs is 2. The van der Waals surface area contributed by atoms with Gasteiger partial charge in [-0.3, -0.25) is 18.5 Å². The number of rotatable bonds is 7. The van der Waals surface area contributed by atoms with Crippen LogP contribution in [0.25, 0.3) is 0 Å². The molecule has 0 unspecified atom stereocenters. The standard InChI is InChI=1S/C15H20O15S3/c1-7-3-9-14(5-27-31(17,18)19,12(10(7)16)30-33(23,24)25)13(2)4-8(29-32(20,21)22)11(28-9)15(13)6-26-15/h3,8-9,11-12H,4-6H2,1-2H3,(H,17,18,19)(H,20,21,22)(H,23,24,25)/t8-,9-,11-,12-,13-,14-,15+/m1/s1. The highest BCUT2D eigenvalue weighted by atomic mass is 32.3. The highest BCUT2D eigenvalue weighted by Crippen LogP contribution is 2.72. The van der Waals surface area contributed by atoms with Crippen molar-refractivity contribution in [3.05, 3.63) is 11.6 Å². The molecular weight excluding hydrogens is 516 g/mol. The van der Waals surface area contributed by atoms with Gasteiger partial charge in [0.2, 0.25) is 0 Å². The van der Waals surface area contributed by atoms with E-state index in [0.717, 1.165) is 0 Å². The van der Waals surface area contributed by atoms with Gasteiger partial charge in [0.15, 0.2) is 11.9 Å². The summed E-state index contributed by atoms with van der Waals surface area (Å²) in [5, 5.41) is 0. The predicted molar refractivity (Wildman–Crippen MR) is 102 cm³/mol. The summed E-state index contributed by atoms with van der Waals surface area (Å²) in [5.74, 6) is -0.971. The van der Waals surface area contributed by atoms with Crippen molar-refractivity contribution in [2.24, 2.45) is 10.8 Å². The predicted octanol–water partition coefficient (Wildman–Crippen LogP) is -1.36. The van der Waals surface area contributed by atoms with Gasteiger partial charge in [0.25, 0.3) is 0 Å². The molecule has 4 aliphatic rings. The van der Waals surface area contributed by atoms with Crippen molar-refractivity contribution in [1.29, 1.82) is 0 Å². The lowest BCUT2D eigenvalue weighted by atomic mass is 9.50. The van der Waals surface area contributed by atoms with E-state index in [1.807, 2.05) is 0 Å². The third-order valence-electron chi connectivity index (χ3n) is 7.03. The molecule has 0 amide bonds. The third-order valence-corrected chi connectivity index (χ3v) is 8.37. The molecule has 2 saturated heterocycles. The number of ketones is 1. The Labute approximate surface area is 188 Å². The molecule has 1 saturated carbocycles. The van der Waals surface area contributed by atoms with Crippen LogP contribution in [-0.4, -0.2) is 87.9 Å². The van der Waals surface area contributed by atoms with Gasteiger partial charge >= 0.3 is 31.2 Å². The average molecular weight is 537 g/mol. The van der Waals surface area contributed by atoms with Crippen LogP contribution in [0.15, 0.2) is 11.6 Å².